The molecule has 0 bridgehead atoms. The van der Waals surface area contributed by atoms with E-state index in [-0.39, 0.29) is 12.2 Å². The van der Waals surface area contributed by atoms with Crippen LogP contribution in [-0.4, -0.2) is 17.7 Å². The zero-order valence-corrected chi connectivity index (χ0v) is 11.0. The van der Waals surface area contributed by atoms with Crippen LogP contribution in [0.4, 0.5) is 8.78 Å². The lowest BCUT2D eigenvalue weighted by molar-refractivity contribution is -0.166. The van der Waals surface area contributed by atoms with Gasteiger partial charge in [0.15, 0.2) is 0 Å². The van der Waals surface area contributed by atoms with Gasteiger partial charge >= 0.3 is 11.9 Å². The van der Waals surface area contributed by atoms with Crippen molar-refractivity contribution < 1.29 is 23.1 Å². The number of alkyl halides is 2. The molecule has 0 fully saturated rings. The lowest BCUT2D eigenvalue weighted by Gasteiger charge is -2.14. The molecule has 2 aromatic rings. The summed E-state index contributed by atoms with van der Waals surface area (Å²) in [6, 6.07) is 15.3. The Kier molecular flexibility index (Phi) is 4.42. The second-order valence-corrected chi connectivity index (χ2v) is 4.33. The minimum Gasteiger partial charge on any atom is -0.456 e. The summed E-state index contributed by atoms with van der Waals surface area (Å²) in [5.74, 6) is -7.61. The van der Waals surface area contributed by atoms with E-state index in [2.05, 4.69) is 4.74 Å². The molecule has 0 radical (unpaired) electrons. The highest BCUT2D eigenvalue weighted by Crippen LogP contribution is 2.22. The van der Waals surface area contributed by atoms with Gasteiger partial charge in [-0.05, 0) is 5.56 Å². The molecule has 108 valence electrons. The molecule has 2 rings (SSSR count). The van der Waals surface area contributed by atoms with Crippen LogP contribution in [0.25, 0.3) is 0 Å². The Labute approximate surface area is 120 Å². The first kappa shape index (κ1) is 14.8. The SMILES string of the molecule is O=C(OCc1ccccc1)C(F)(F)C(=O)c1ccccc1. The summed E-state index contributed by atoms with van der Waals surface area (Å²) < 4.78 is 32.1. The van der Waals surface area contributed by atoms with Crippen LogP contribution in [0.15, 0.2) is 60.7 Å². The second-order valence-electron chi connectivity index (χ2n) is 4.33. The van der Waals surface area contributed by atoms with Crippen molar-refractivity contribution in [3.63, 3.8) is 0 Å². The van der Waals surface area contributed by atoms with Crippen LogP contribution in [0, 0.1) is 0 Å². The van der Waals surface area contributed by atoms with Gasteiger partial charge in [-0.25, -0.2) is 4.79 Å². The molecule has 5 heteroatoms. The number of esters is 1. The van der Waals surface area contributed by atoms with E-state index >= 15 is 0 Å². The molecular formula is C16H12F2O3. The fraction of sp³-hybridized carbons (Fsp3) is 0.125. The molecular weight excluding hydrogens is 278 g/mol. The van der Waals surface area contributed by atoms with Gasteiger partial charge in [0, 0.05) is 5.56 Å². The van der Waals surface area contributed by atoms with Crippen molar-refractivity contribution in [1.29, 1.82) is 0 Å². The quantitative estimate of drug-likeness (QED) is 0.482. The third kappa shape index (κ3) is 3.51. The van der Waals surface area contributed by atoms with Gasteiger partial charge in [0.05, 0.1) is 0 Å². The normalized spacial score (nSPS) is 11.0. The summed E-state index contributed by atoms with van der Waals surface area (Å²) in [7, 11) is 0. The topological polar surface area (TPSA) is 43.4 Å². The van der Waals surface area contributed by atoms with Crippen molar-refractivity contribution in [3.8, 4) is 0 Å². The zero-order valence-electron chi connectivity index (χ0n) is 11.0. The first-order valence-corrected chi connectivity index (χ1v) is 6.20. The molecule has 0 spiro atoms. The van der Waals surface area contributed by atoms with Crippen molar-refractivity contribution >= 4 is 11.8 Å². The zero-order chi connectivity index (χ0) is 15.3. The highest BCUT2D eigenvalue weighted by molar-refractivity contribution is 6.13. The first-order valence-electron chi connectivity index (χ1n) is 6.20. The van der Waals surface area contributed by atoms with E-state index in [0.717, 1.165) is 0 Å². The summed E-state index contributed by atoms with van der Waals surface area (Å²) in [4.78, 5) is 23.1. The summed E-state index contributed by atoms with van der Waals surface area (Å²) >= 11 is 0. The molecule has 0 saturated carbocycles. The Morgan fingerprint density at radius 3 is 2.00 bits per heavy atom. The maximum atomic E-state index is 13.8. The Hall–Kier alpha value is -2.56. The Bertz CT molecular complexity index is 624. The van der Waals surface area contributed by atoms with E-state index in [1.165, 1.54) is 24.3 Å². The third-order valence-electron chi connectivity index (χ3n) is 2.79. The number of rotatable bonds is 5. The van der Waals surface area contributed by atoms with Gasteiger partial charge in [-0.2, -0.15) is 8.78 Å². The molecule has 2 aromatic carbocycles. The average molecular weight is 290 g/mol. The molecule has 0 amide bonds. The van der Waals surface area contributed by atoms with Crippen LogP contribution < -0.4 is 0 Å². The predicted octanol–water partition coefficient (Wildman–Crippen LogP) is 3.25. The minimum atomic E-state index is -4.20. The number of ketones is 1. The third-order valence-corrected chi connectivity index (χ3v) is 2.79. The highest BCUT2D eigenvalue weighted by atomic mass is 19.3. The van der Waals surface area contributed by atoms with Crippen molar-refractivity contribution in [2.75, 3.05) is 0 Å². The van der Waals surface area contributed by atoms with Gasteiger partial charge in [0.2, 0.25) is 5.78 Å². The Balaban J connectivity index is 2.05. The Morgan fingerprint density at radius 1 is 0.905 bits per heavy atom. The molecule has 0 N–H and O–H groups in total. The van der Waals surface area contributed by atoms with E-state index in [9.17, 15) is 18.4 Å². The van der Waals surface area contributed by atoms with Crippen LogP contribution in [0.2, 0.25) is 0 Å². The molecule has 0 atom stereocenters. The van der Waals surface area contributed by atoms with Crippen LogP contribution >= 0.6 is 0 Å². The van der Waals surface area contributed by atoms with Gasteiger partial charge in [0.25, 0.3) is 0 Å². The molecule has 0 heterocycles. The lowest BCUT2D eigenvalue weighted by Crippen LogP contribution is -2.39. The van der Waals surface area contributed by atoms with E-state index < -0.39 is 17.7 Å². The van der Waals surface area contributed by atoms with Crippen LogP contribution in [-0.2, 0) is 16.1 Å². The monoisotopic (exact) mass is 290 g/mol. The van der Waals surface area contributed by atoms with Gasteiger partial charge < -0.3 is 4.74 Å². The van der Waals surface area contributed by atoms with Crippen LogP contribution in [0.1, 0.15) is 15.9 Å². The molecule has 0 saturated heterocycles. The fourth-order valence-electron chi connectivity index (χ4n) is 1.68. The summed E-state index contributed by atoms with van der Waals surface area (Å²) in [6.07, 6.45) is 0. The number of ether oxygens (including phenoxy) is 1. The molecule has 0 aromatic heterocycles. The number of hydrogen-bond donors (Lipinski definition) is 0. The van der Waals surface area contributed by atoms with Gasteiger partial charge in [-0.1, -0.05) is 60.7 Å². The van der Waals surface area contributed by atoms with Crippen molar-refractivity contribution in [1.82, 2.24) is 0 Å². The van der Waals surface area contributed by atoms with Crippen LogP contribution in [0.5, 0.6) is 0 Å². The predicted molar refractivity (Wildman–Crippen MR) is 72.0 cm³/mol. The number of halogens is 2. The highest BCUT2D eigenvalue weighted by Gasteiger charge is 2.49. The lowest BCUT2D eigenvalue weighted by atomic mass is 10.1. The molecule has 0 aliphatic heterocycles. The molecule has 0 unspecified atom stereocenters. The maximum Gasteiger partial charge on any atom is 0.404 e. The van der Waals surface area contributed by atoms with Gasteiger partial charge in [-0.15, -0.1) is 0 Å². The number of carbonyl (C=O) groups excluding carboxylic acids is 2. The van der Waals surface area contributed by atoms with Crippen molar-refractivity contribution in [3.05, 3.63) is 71.8 Å². The van der Waals surface area contributed by atoms with Gasteiger partial charge in [0.1, 0.15) is 6.61 Å². The summed E-state index contributed by atoms with van der Waals surface area (Å²) in [5.41, 5.74) is 0.327. The molecule has 3 nitrogen and oxygen atoms in total. The largest absolute Gasteiger partial charge is 0.456 e. The average Bonchev–Trinajstić information content (AvgIpc) is 2.53. The molecule has 21 heavy (non-hydrogen) atoms. The fourth-order valence-corrected chi connectivity index (χ4v) is 1.68. The molecule has 0 aliphatic carbocycles. The van der Waals surface area contributed by atoms with E-state index in [0.29, 0.717) is 5.56 Å². The van der Waals surface area contributed by atoms with Crippen LogP contribution in [0.3, 0.4) is 0 Å². The summed E-state index contributed by atoms with van der Waals surface area (Å²) in [6.45, 7) is -0.308. The van der Waals surface area contributed by atoms with Crippen molar-refractivity contribution in [2.45, 2.75) is 12.5 Å². The first-order chi connectivity index (χ1) is 10.0. The maximum absolute atomic E-state index is 13.8. The number of carbonyl (C=O) groups is 2. The number of Topliss-reactive ketones (excluding diaryl/α,β-unsaturated/α-hetero) is 1. The van der Waals surface area contributed by atoms with E-state index in [4.69, 9.17) is 0 Å². The summed E-state index contributed by atoms with van der Waals surface area (Å²) in [5, 5.41) is 0. The van der Waals surface area contributed by atoms with Gasteiger partial charge in [-0.3, -0.25) is 4.79 Å². The van der Waals surface area contributed by atoms with E-state index in [1.54, 1.807) is 36.4 Å². The smallest absolute Gasteiger partial charge is 0.404 e. The second kappa shape index (κ2) is 6.26. The number of hydrogen-bond acceptors (Lipinski definition) is 3. The number of benzene rings is 2. The Morgan fingerprint density at radius 2 is 1.43 bits per heavy atom. The van der Waals surface area contributed by atoms with Crippen molar-refractivity contribution in [2.24, 2.45) is 0 Å². The minimum absolute atomic E-state index is 0.237. The van der Waals surface area contributed by atoms with E-state index in [1.807, 2.05) is 0 Å². The molecule has 0 aliphatic rings. The standard InChI is InChI=1S/C16H12F2O3/c17-16(18,14(19)13-9-5-2-6-10-13)15(20)21-11-12-7-3-1-4-8-12/h1-10H,11H2.